The fraction of sp³-hybridized carbons (Fsp3) is 0.316. The summed E-state index contributed by atoms with van der Waals surface area (Å²) in [4.78, 5) is 22.6. The van der Waals surface area contributed by atoms with Crippen LogP contribution >= 0.6 is 11.6 Å². The van der Waals surface area contributed by atoms with Crippen molar-refractivity contribution < 1.29 is 41.0 Å². The molecular weight excluding hydrogens is 452 g/mol. The average molecular weight is 474 g/mol. The summed E-state index contributed by atoms with van der Waals surface area (Å²) in [6.45, 7) is 0.553. The zero-order chi connectivity index (χ0) is 20.0. The van der Waals surface area contributed by atoms with Crippen molar-refractivity contribution in [2.24, 2.45) is 0 Å². The van der Waals surface area contributed by atoms with Gasteiger partial charge in [-0.3, -0.25) is 14.9 Å². The van der Waals surface area contributed by atoms with Gasteiger partial charge in [0.1, 0.15) is 31.5 Å². The number of nitro benzene ring substituents is 1. The first-order valence-corrected chi connectivity index (χ1v) is 8.70. The monoisotopic (exact) mass is 472 g/mol. The highest BCUT2D eigenvalue weighted by atomic mass is 79.9. The fourth-order valence-electron chi connectivity index (χ4n) is 2.66. The van der Waals surface area contributed by atoms with E-state index in [4.69, 9.17) is 16.3 Å². The van der Waals surface area contributed by atoms with Crippen molar-refractivity contribution in [1.82, 2.24) is 0 Å². The summed E-state index contributed by atoms with van der Waals surface area (Å²) in [5.74, 6) is 0.450. The number of benzene rings is 2. The van der Waals surface area contributed by atoms with Crippen molar-refractivity contribution in [3.8, 4) is 5.75 Å². The molecule has 0 aromatic heterocycles. The van der Waals surface area contributed by atoms with E-state index < -0.39 is 11.0 Å². The number of carbonyl (C=O) groups excluding carboxylic acids is 1. The second kappa shape index (κ2) is 10.5. The van der Waals surface area contributed by atoms with Crippen LogP contribution in [0.1, 0.15) is 10.4 Å². The quantitative estimate of drug-likeness (QED) is 0.239. The highest BCUT2D eigenvalue weighted by Crippen LogP contribution is 2.16. The van der Waals surface area contributed by atoms with Crippen molar-refractivity contribution >= 4 is 23.1 Å². The fourth-order valence-corrected chi connectivity index (χ4v) is 2.79. The van der Waals surface area contributed by atoms with Gasteiger partial charge >= 0.3 is 0 Å². The van der Waals surface area contributed by atoms with Crippen molar-refractivity contribution in [3.63, 3.8) is 0 Å². The molecule has 0 spiro atoms. The predicted molar refractivity (Wildman–Crippen MR) is 102 cm³/mol. The molecule has 0 heterocycles. The molecule has 9 heteroatoms. The van der Waals surface area contributed by atoms with E-state index in [1.54, 1.807) is 24.3 Å². The molecule has 28 heavy (non-hydrogen) atoms. The number of quaternary nitrogens is 1. The Kier molecular flexibility index (Phi) is 9.03. The van der Waals surface area contributed by atoms with E-state index in [0.717, 1.165) is 0 Å². The standard InChI is InChI=1S/C19H22ClN2O5.BrH/c1-22(2,11-17(23)13-27-18-9-5-15(20)6-10-18)12-19(24)14-3-7-16(8-4-14)21(25)26;/h3-10,17,23H,11-13H2,1-2H3;1H/q+1;/p-1. The van der Waals surface area contributed by atoms with E-state index in [2.05, 4.69) is 0 Å². The number of Topliss-reactive ketones (excluding diaryl/α,β-unsaturated/α-hetero) is 1. The molecule has 0 aliphatic rings. The highest BCUT2D eigenvalue weighted by Gasteiger charge is 2.25. The number of aliphatic hydroxyl groups is 1. The third-order valence-electron chi connectivity index (χ3n) is 3.93. The number of carbonyl (C=O) groups is 1. The summed E-state index contributed by atoms with van der Waals surface area (Å²) in [7, 11) is 3.66. The van der Waals surface area contributed by atoms with Crippen molar-refractivity contribution in [2.45, 2.75) is 6.10 Å². The lowest BCUT2D eigenvalue weighted by Crippen LogP contribution is -3.00. The second-order valence-electron chi connectivity index (χ2n) is 6.92. The highest BCUT2D eigenvalue weighted by molar-refractivity contribution is 6.30. The second-order valence-corrected chi connectivity index (χ2v) is 7.36. The average Bonchev–Trinajstić information content (AvgIpc) is 2.60. The predicted octanol–water partition coefficient (Wildman–Crippen LogP) is -0.0488. The molecule has 152 valence electrons. The third kappa shape index (κ3) is 7.55. The lowest BCUT2D eigenvalue weighted by atomic mass is 10.1. The molecule has 1 atom stereocenters. The van der Waals surface area contributed by atoms with Crippen molar-refractivity contribution in [2.75, 3.05) is 33.8 Å². The Labute approximate surface area is 179 Å². The Bertz CT molecular complexity index is 797. The van der Waals surface area contributed by atoms with Crippen LogP contribution in [0.25, 0.3) is 0 Å². The van der Waals surface area contributed by atoms with Gasteiger partial charge in [-0.15, -0.1) is 0 Å². The molecule has 2 rings (SSSR count). The molecule has 0 saturated carbocycles. The van der Waals surface area contributed by atoms with Crippen LogP contribution in [0.15, 0.2) is 48.5 Å². The molecule has 2 aromatic carbocycles. The van der Waals surface area contributed by atoms with E-state index in [1.165, 1.54) is 24.3 Å². The Morgan fingerprint density at radius 1 is 1.18 bits per heavy atom. The molecule has 1 N–H and O–H groups in total. The zero-order valence-corrected chi connectivity index (χ0v) is 17.9. The van der Waals surface area contributed by atoms with E-state index in [0.29, 0.717) is 22.9 Å². The first-order valence-electron chi connectivity index (χ1n) is 8.32. The maximum absolute atomic E-state index is 12.4. The van der Waals surface area contributed by atoms with Gasteiger partial charge < -0.3 is 31.3 Å². The normalized spacial score (nSPS) is 12.0. The lowest BCUT2D eigenvalue weighted by Gasteiger charge is -2.31. The zero-order valence-electron chi connectivity index (χ0n) is 15.5. The Morgan fingerprint density at radius 2 is 1.75 bits per heavy atom. The number of likely N-dealkylation sites (N-methyl/N-ethyl adjacent to an activating group) is 1. The molecule has 0 saturated heterocycles. The van der Waals surface area contributed by atoms with Gasteiger partial charge in [0.05, 0.1) is 19.0 Å². The van der Waals surface area contributed by atoms with E-state index in [9.17, 15) is 20.0 Å². The summed E-state index contributed by atoms with van der Waals surface area (Å²) < 4.78 is 5.78. The molecule has 0 aliphatic carbocycles. The number of ketones is 1. The van der Waals surface area contributed by atoms with Crippen molar-refractivity contribution in [3.05, 3.63) is 69.2 Å². The summed E-state index contributed by atoms with van der Waals surface area (Å²) in [5.41, 5.74) is 0.341. The third-order valence-corrected chi connectivity index (χ3v) is 4.18. The molecule has 1 unspecified atom stereocenters. The number of non-ortho nitro benzene ring substituents is 1. The van der Waals surface area contributed by atoms with Crippen molar-refractivity contribution in [1.29, 1.82) is 0 Å². The van der Waals surface area contributed by atoms with Crippen LogP contribution in [0, 0.1) is 10.1 Å². The molecule has 0 bridgehead atoms. The van der Waals surface area contributed by atoms with E-state index in [-0.39, 0.29) is 46.1 Å². The summed E-state index contributed by atoms with van der Waals surface area (Å²) in [6, 6.07) is 12.3. The SMILES string of the molecule is C[N+](C)(CC(=O)c1ccc([N+](=O)[O-])cc1)CC(O)COc1ccc(Cl)cc1.[Br-]. The largest absolute Gasteiger partial charge is 1.00 e. The maximum Gasteiger partial charge on any atom is 0.269 e. The molecule has 2 aromatic rings. The Hall–Kier alpha value is -2.00. The number of nitro groups is 1. The number of hydrogen-bond acceptors (Lipinski definition) is 5. The van der Waals surface area contributed by atoms with E-state index >= 15 is 0 Å². The van der Waals surface area contributed by atoms with Crippen LogP contribution < -0.4 is 21.7 Å². The lowest BCUT2D eigenvalue weighted by molar-refractivity contribution is -0.885. The summed E-state index contributed by atoms with van der Waals surface area (Å²) in [5, 5.41) is 21.5. The minimum absolute atomic E-state index is 0. The minimum Gasteiger partial charge on any atom is -1.00 e. The van der Waals surface area contributed by atoms with Crippen LogP contribution in [0.4, 0.5) is 5.69 Å². The first kappa shape index (κ1) is 24.0. The first-order chi connectivity index (χ1) is 12.7. The van der Waals surface area contributed by atoms with Crippen LogP contribution in [-0.4, -0.2) is 60.2 Å². The molecule has 0 amide bonds. The summed E-state index contributed by atoms with van der Waals surface area (Å²) >= 11 is 5.81. The molecular formula is C19H22BrClN2O5. The Morgan fingerprint density at radius 3 is 2.29 bits per heavy atom. The van der Waals surface area contributed by atoms with Gasteiger partial charge in [-0.05, 0) is 36.4 Å². The smallest absolute Gasteiger partial charge is 0.269 e. The summed E-state index contributed by atoms with van der Waals surface area (Å²) in [6.07, 6.45) is -0.764. The molecule has 0 fully saturated rings. The van der Waals surface area contributed by atoms with Gasteiger partial charge in [0.2, 0.25) is 5.78 Å². The van der Waals surface area contributed by atoms with Gasteiger partial charge in [0.15, 0.2) is 0 Å². The van der Waals surface area contributed by atoms with Gasteiger partial charge in [-0.25, -0.2) is 0 Å². The van der Waals surface area contributed by atoms with Crippen LogP contribution in [0.3, 0.4) is 0 Å². The number of ether oxygens (including phenoxy) is 1. The number of rotatable bonds is 9. The number of halogens is 2. The minimum atomic E-state index is -0.764. The molecule has 7 nitrogen and oxygen atoms in total. The molecule has 0 radical (unpaired) electrons. The maximum atomic E-state index is 12.4. The van der Waals surface area contributed by atoms with Gasteiger partial charge in [-0.2, -0.15) is 0 Å². The number of nitrogens with zero attached hydrogens (tertiary/aromatic N) is 2. The van der Waals surface area contributed by atoms with Crippen LogP contribution in [0.5, 0.6) is 5.75 Å². The van der Waals surface area contributed by atoms with E-state index in [1.807, 2.05) is 14.1 Å². The van der Waals surface area contributed by atoms with Gasteiger partial charge in [-0.1, -0.05) is 11.6 Å². The number of hydrogen-bond donors (Lipinski definition) is 1. The van der Waals surface area contributed by atoms with Gasteiger partial charge in [0, 0.05) is 22.7 Å². The Balaban J connectivity index is 0.00000392. The van der Waals surface area contributed by atoms with Gasteiger partial charge in [0.25, 0.3) is 5.69 Å². The van der Waals surface area contributed by atoms with Crippen LogP contribution in [-0.2, 0) is 0 Å². The number of aliphatic hydroxyl groups excluding tert-OH is 1. The molecule has 0 aliphatic heterocycles. The van der Waals surface area contributed by atoms with Crippen LogP contribution in [0.2, 0.25) is 5.02 Å². The topological polar surface area (TPSA) is 89.7 Å².